The standard InChI is InChI=1S/C3H8O.Er/c1-3(2)4;/h3-4H,1-2H3;. The second-order valence-corrected chi connectivity index (χ2v) is 1.09. The van der Waals surface area contributed by atoms with Crippen LogP contribution in [0.4, 0.5) is 0 Å². The van der Waals surface area contributed by atoms with E-state index >= 15 is 0 Å². The molecule has 0 aliphatic rings. The maximum Gasteiger partial charge on any atom is 0.0483 e. The first-order valence-corrected chi connectivity index (χ1v) is 1.41. The summed E-state index contributed by atoms with van der Waals surface area (Å²) < 4.78 is 0. The van der Waals surface area contributed by atoms with Gasteiger partial charge in [-0.15, -0.1) is 0 Å². The van der Waals surface area contributed by atoms with E-state index in [1.807, 2.05) is 0 Å². The van der Waals surface area contributed by atoms with Gasteiger partial charge in [-0.2, -0.15) is 0 Å². The molecule has 0 aromatic rings. The first kappa shape index (κ1) is 9.51. The summed E-state index contributed by atoms with van der Waals surface area (Å²) in [5, 5.41) is 8.06. The third-order valence-electron chi connectivity index (χ3n) is 0. The largest absolute Gasteiger partial charge is 0.394 e. The molecule has 0 heterocycles. The number of aliphatic hydroxyl groups excluding tert-OH is 1. The molecule has 0 aromatic carbocycles. The third kappa shape index (κ3) is 36.8. The van der Waals surface area contributed by atoms with Crippen LogP contribution in [0.15, 0.2) is 0 Å². The van der Waals surface area contributed by atoms with Crippen molar-refractivity contribution in [2.75, 3.05) is 0 Å². The first-order chi connectivity index (χ1) is 1.73. The van der Waals surface area contributed by atoms with Gasteiger partial charge in [-0.25, -0.2) is 0 Å². The zero-order valence-electron chi connectivity index (χ0n) is 3.31. The Kier molecular flexibility index (Phi) is 9.90. The topological polar surface area (TPSA) is 20.2 Å². The molecule has 0 amide bonds. The molecule has 0 saturated carbocycles. The Bertz CT molecular complexity index is 11.6. The molecule has 1 N–H and O–H groups in total. The molecule has 0 fully saturated rings. The molecule has 0 aliphatic carbocycles. The molecule has 1 nitrogen and oxygen atoms in total. The predicted molar refractivity (Wildman–Crippen MR) is 17.4 cm³/mol. The van der Waals surface area contributed by atoms with Gasteiger partial charge in [0.05, 0.1) is 0 Å². The fourth-order valence-electron chi connectivity index (χ4n) is 0. The van der Waals surface area contributed by atoms with E-state index < -0.39 is 0 Å². The molecule has 5 heavy (non-hydrogen) atoms. The normalized spacial score (nSPS) is 7.20. The molecule has 0 unspecified atom stereocenters. The van der Waals surface area contributed by atoms with Crippen LogP contribution in [0.1, 0.15) is 13.8 Å². The van der Waals surface area contributed by atoms with Crippen LogP contribution in [0, 0.1) is 37.3 Å². The van der Waals surface area contributed by atoms with Gasteiger partial charge in [0.15, 0.2) is 0 Å². The zero-order chi connectivity index (χ0) is 3.58. The Labute approximate surface area is 62.0 Å². The zero-order valence-corrected chi connectivity index (χ0v) is 5.17. The van der Waals surface area contributed by atoms with Gasteiger partial charge < -0.3 is 5.11 Å². The van der Waals surface area contributed by atoms with Crippen molar-refractivity contribution in [3.05, 3.63) is 0 Å². The van der Waals surface area contributed by atoms with Crippen LogP contribution in [0.5, 0.6) is 0 Å². The van der Waals surface area contributed by atoms with Crippen molar-refractivity contribution in [1.82, 2.24) is 0 Å². The van der Waals surface area contributed by atoms with Crippen LogP contribution in [-0.2, 0) is 0 Å². The van der Waals surface area contributed by atoms with Crippen LogP contribution >= 0.6 is 0 Å². The quantitative estimate of drug-likeness (QED) is 0.635. The van der Waals surface area contributed by atoms with E-state index in [4.69, 9.17) is 5.11 Å². The van der Waals surface area contributed by atoms with Gasteiger partial charge in [0.25, 0.3) is 0 Å². The summed E-state index contributed by atoms with van der Waals surface area (Å²) in [6, 6.07) is 0. The van der Waals surface area contributed by atoms with Gasteiger partial charge in [0, 0.05) is 43.4 Å². The number of aliphatic hydroxyl groups is 1. The number of hydrogen-bond donors (Lipinski definition) is 1. The van der Waals surface area contributed by atoms with E-state index in [1.54, 1.807) is 13.8 Å². The molecule has 0 bridgehead atoms. The van der Waals surface area contributed by atoms with Crippen molar-refractivity contribution < 1.29 is 42.4 Å². The Balaban J connectivity index is 0. The van der Waals surface area contributed by atoms with Crippen molar-refractivity contribution in [3.8, 4) is 0 Å². The summed E-state index contributed by atoms with van der Waals surface area (Å²) in [5.74, 6) is 0. The molecular weight excluding hydrogens is 219 g/mol. The van der Waals surface area contributed by atoms with Crippen molar-refractivity contribution in [3.63, 3.8) is 0 Å². The van der Waals surface area contributed by atoms with Gasteiger partial charge in [-0.1, -0.05) is 0 Å². The van der Waals surface area contributed by atoms with E-state index in [1.165, 1.54) is 0 Å². The summed E-state index contributed by atoms with van der Waals surface area (Å²) in [7, 11) is 0. The fraction of sp³-hybridized carbons (Fsp3) is 1.00. The SMILES string of the molecule is CC(C)O.[Er]. The monoisotopic (exact) mass is 226 g/mol. The van der Waals surface area contributed by atoms with Crippen molar-refractivity contribution in [2.45, 2.75) is 20.0 Å². The van der Waals surface area contributed by atoms with E-state index in [0.717, 1.165) is 0 Å². The Hall–Kier alpha value is 1.21. The third-order valence-corrected chi connectivity index (χ3v) is 0. The minimum absolute atomic E-state index is 0. The van der Waals surface area contributed by atoms with E-state index in [2.05, 4.69) is 0 Å². The molecule has 0 aliphatic heterocycles. The van der Waals surface area contributed by atoms with E-state index in [9.17, 15) is 0 Å². The molecule has 0 atom stereocenters. The Morgan fingerprint density at radius 3 is 1.40 bits per heavy atom. The summed E-state index contributed by atoms with van der Waals surface area (Å²) in [6.07, 6.45) is -0.167. The predicted octanol–water partition coefficient (Wildman–Crippen LogP) is 0.387. The van der Waals surface area contributed by atoms with Gasteiger partial charge in [0.2, 0.25) is 0 Å². The minimum Gasteiger partial charge on any atom is -0.394 e. The van der Waals surface area contributed by atoms with Crippen molar-refractivity contribution in [2.24, 2.45) is 0 Å². The van der Waals surface area contributed by atoms with Crippen LogP contribution in [-0.4, -0.2) is 11.2 Å². The first-order valence-electron chi connectivity index (χ1n) is 1.41. The summed E-state index contributed by atoms with van der Waals surface area (Å²) >= 11 is 0. The van der Waals surface area contributed by atoms with Crippen LogP contribution in [0.2, 0.25) is 0 Å². The smallest absolute Gasteiger partial charge is 0.0483 e. The van der Waals surface area contributed by atoms with E-state index in [-0.39, 0.29) is 43.4 Å². The summed E-state index contributed by atoms with van der Waals surface area (Å²) in [5.41, 5.74) is 0. The van der Waals surface area contributed by atoms with Gasteiger partial charge in [-0.3, -0.25) is 0 Å². The van der Waals surface area contributed by atoms with Crippen molar-refractivity contribution >= 4 is 0 Å². The molecule has 0 rings (SSSR count). The average molecular weight is 227 g/mol. The van der Waals surface area contributed by atoms with Crippen LogP contribution in [0.25, 0.3) is 0 Å². The van der Waals surface area contributed by atoms with Gasteiger partial charge in [0.1, 0.15) is 0 Å². The van der Waals surface area contributed by atoms with E-state index in [0.29, 0.717) is 0 Å². The maximum atomic E-state index is 8.06. The molecule has 2 heteroatoms. The van der Waals surface area contributed by atoms with Gasteiger partial charge in [-0.05, 0) is 13.8 Å². The molecule has 0 spiro atoms. The summed E-state index contributed by atoms with van der Waals surface area (Å²) in [4.78, 5) is 0. The number of hydrogen-bond acceptors (Lipinski definition) is 1. The molecular formula is C3H8ErO. The molecule has 0 saturated heterocycles. The van der Waals surface area contributed by atoms with Crippen molar-refractivity contribution in [1.29, 1.82) is 0 Å². The minimum atomic E-state index is -0.167. The second kappa shape index (κ2) is 5.21. The second-order valence-electron chi connectivity index (χ2n) is 1.09. The fourth-order valence-corrected chi connectivity index (χ4v) is 0. The van der Waals surface area contributed by atoms with Crippen LogP contribution in [0.3, 0.4) is 0 Å². The molecule has 38 valence electrons. The average Bonchev–Trinajstić information content (AvgIpc) is 0.811. The maximum absolute atomic E-state index is 8.06. The summed E-state index contributed by atoms with van der Waals surface area (Å²) in [6.45, 7) is 3.44. The molecule has 0 radical (unpaired) electrons. The Morgan fingerprint density at radius 1 is 1.40 bits per heavy atom. The van der Waals surface area contributed by atoms with Crippen LogP contribution < -0.4 is 0 Å². The molecule has 0 aromatic heterocycles. The van der Waals surface area contributed by atoms with Gasteiger partial charge >= 0.3 is 0 Å². The Morgan fingerprint density at radius 2 is 1.40 bits per heavy atom. The number of rotatable bonds is 0.